The van der Waals surface area contributed by atoms with Gasteiger partial charge in [-0.1, -0.05) is 18.2 Å². The Morgan fingerprint density at radius 2 is 1.74 bits per heavy atom. The van der Waals surface area contributed by atoms with Crippen LogP contribution < -0.4 is 5.32 Å². The molecule has 2 aromatic rings. The Morgan fingerprint density at radius 3 is 2.48 bits per heavy atom. The minimum absolute atomic E-state index is 0.00747. The number of phenols is 3. The van der Waals surface area contributed by atoms with Crippen molar-refractivity contribution in [2.75, 3.05) is 13.1 Å². The zero-order valence-electron chi connectivity index (χ0n) is 13.9. The monoisotopic (exact) mass is 318 g/mol. The molecule has 0 radical (unpaired) electrons. The Bertz CT molecular complexity index is 661. The van der Waals surface area contributed by atoms with E-state index in [1.165, 1.54) is 11.6 Å². The van der Waals surface area contributed by atoms with Crippen molar-refractivity contribution in [1.82, 2.24) is 5.32 Å². The minimum atomic E-state index is -0.916. The predicted octanol–water partition coefficient (Wildman–Crippen LogP) is 2.45. The lowest BCUT2D eigenvalue weighted by molar-refractivity contribution is 0.174. The first-order chi connectivity index (χ1) is 11.5. The van der Waals surface area contributed by atoms with E-state index in [2.05, 4.69) is 5.32 Å². The number of aromatic hydroxyl groups is 3. The van der Waals surface area contributed by atoms with Gasteiger partial charge in [0, 0.05) is 6.54 Å². The minimum Gasteiger partial charge on any atom is -0.508 e. The average Bonchev–Trinajstić information content (AvgIpc) is 2.55. The Labute approximate surface area is 137 Å². The second-order valence-electron chi connectivity index (χ2n) is 5.50. The van der Waals surface area contributed by atoms with Crippen LogP contribution in [-0.4, -0.2) is 33.5 Å². The highest BCUT2D eigenvalue weighted by molar-refractivity contribution is 5.41. The van der Waals surface area contributed by atoms with Gasteiger partial charge >= 0.3 is 0 Å². The van der Waals surface area contributed by atoms with Gasteiger partial charge in [-0.25, -0.2) is 0 Å². The Hall–Kier alpha value is -2.24. The van der Waals surface area contributed by atoms with Crippen LogP contribution in [0, 0.1) is 0 Å². The standard InChI is InChI=1S/C18H23NO4/c20-15-7-4-13(5-8-15)3-1-2-10-19-12-18(23)14-6-9-16(21)17(22)11-14/h4-9,11,18-23H,1-3,10,12H2/t18-/m0/s1/i6D. The van der Waals surface area contributed by atoms with Crippen LogP contribution in [0.4, 0.5) is 0 Å². The van der Waals surface area contributed by atoms with Gasteiger partial charge in [-0.05, 0) is 61.2 Å². The lowest BCUT2D eigenvalue weighted by Crippen LogP contribution is -2.22. The van der Waals surface area contributed by atoms with Crippen LogP contribution in [-0.2, 0) is 6.42 Å². The van der Waals surface area contributed by atoms with Crippen molar-refractivity contribution in [3.05, 3.63) is 53.6 Å². The van der Waals surface area contributed by atoms with E-state index < -0.39 is 6.10 Å². The molecule has 0 saturated carbocycles. The zero-order valence-corrected chi connectivity index (χ0v) is 12.9. The highest BCUT2D eigenvalue weighted by Gasteiger charge is 2.09. The van der Waals surface area contributed by atoms with Crippen molar-refractivity contribution in [3.8, 4) is 17.2 Å². The molecule has 2 aromatic carbocycles. The molecule has 0 unspecified atom stereocenters. The number of benzene rings is 2. The molecule has 0 aliphatic carbocycles. The number of rotatable bonds is 8. The van der Waals surface area contributed by atoms with Gasteiger partial charge < -0.3 is 25.7 Å². The summed E-state index contributed by atoms with van der Waals surface area (Å²) < 4.78 is 7.72. The van der Waals surface area contributed by atoms with Gasteiger partial charge in [0.2, 0.25) is 0 Å². The van der Waals surface area contributed by atoms with Crippen molar-refractivity contribution >= 4 is 0 Å². The normalized spacial score (nSPS) is 12.8. The van der Waals surface area contributed by atoms with Crippen molar-refractivity contribution in [3.63, 3.8) is 0 Å². The smallest absolute Gasteiger partial charge is 0.157 e. The molecule has 0 aliphatic rings. The first-order valence-corrected chi connectivity index (χ1v) is 7.66. The van der Waals surface area contributed by atoms with E-state index >= 15 is 0 Å². The molecular formula is C18H23NO4. The van der Waals surface area contributed by atoms with E-state index in [1.807, 2.05) is 12.1 Å². The van der Waals surface area contributed by atoms with Gasteiger partial charge in [0.05, 0.1) is 7.47 Å². The van der Waals surface area contributed by atoms with Crippen LogP contribution in [0.2, 0.25) is 0 Å². The number of aryl methyl sites for hydroxylation is 1. The molecule has 0 saturated heterocycles. The van der Waals surface area contributed by atoms with Gasteiger partial charge in [-0.15, -0.1) is 0 Å². The summed E-state index contributed by atoms with van der Waals surface area (Å²) in [5.74, 6) is -0.435. The Balaban J connectivity index is 1.68. The summed E-state index contributed by atoms with van der Waals surface area (Å²) in [4.78, 5) is 0. The molecule has 23 heavy (non-hydrogen) atoms. The molecule has 0 aromatic heterocycles. The molecule has 0 bridgehead atoms. The first-order valence-electron chi connectivity index (χ1n) is 8.16. The third-order valence-electron chi connectivity index (χ3n) is 3.63. The topological polar surface area (TPSA) is 93.0 Å². The van der Waals surface area contributed by atoms with Gasteiger partial charge in [0.25, 0.3) is 0 Å². The summed E-state index contributed by atoms with van der Waals surface area (Å²) in [5.41, 5.74) is 1.45. The first kappa shape index (κ1) is 15.6. The fraction of sp³-hybridized carbons (Fsp3) is 0.333. The van der Waals surface area contributed by atoms with Gasteiger partial charge in [0.15, 0.2) is 11.5 Å². The summed E-state index contributed by atoms with van der Waals surface area (Å²) >= 11 is 0. The molecule has 1 atom stereocenters. The zero-order chi connectivity index (χ0) is 17.5. The van der Waals surface area contributed by atoms with Gasteiger partial charge in [-0.2, -0.15) is 0 Å². The Kier molecular flexibility index (Phi) is 5.72. The van der Waals surface area contributed by atoms with E-state index in [1.54, 1.807) is 12.1 Å². The number of unbranched alkanes of at least 4 members (excludes halogenated alkanes) is 1. The molecular weight excluding hydrogens is 294 g/mol. The summed E-state index contributed by atoms with van der Waals surface area (Å²) in [7, 11) is 0. The number of hydrogen-bond acceptors (Lipinski definition) is 5. The second-order valence-corrected chi connectivity index (χ2v) is 5.50. The third-order valence-corrected chi connectivity index (χ3v) is 3.63. The van der Waals surface area contributed by atoms with Crippen LogP contribution >= 0.6 is 0 Å². The van der Waals surface area contributed by atoms with E-state index in [-0.39, 0.29) is 35.4 Å². The fourth-order valence-corrected chi connectivity index (χ4v) is 2.27. The van der Waals surface area contributed by atoms with Gasteiger partial charge in [-0.3, -0.25) is 0 Å². The van der Waals surface area contributed by atoms with E-state index in [4.69, 9.17) is 1.37 Å². The molecule has 5 heteroatoms. The molecule has 0 spiro atoms. The predicted molar refractivity (Wildman–Crippen MR) is 88.6 cm³/mol. The molecule has 124 valence electrons. The van der Waals surface area contributed by atoms with Crippen LogP contribution in [0.15, 0.2) is 42.4 Å². The molecule has 2 rings (SSSR count). The number of aliphatic hydroxyl groups is 1. The summed E-state index contributed by atoms with van der Waals surface area (Å²) in [6.45, 7) is 1.00. The molecule has 0 heterocycles. The highest BCUT2D eigenvalue weighted by atomic mass is 16.3. The third kappa shape index (κ3) is 5.47. The number of phenolic OH excluding ortho intramolecular Hbond substituents is 3. The van der Waals surface area contributed by atoms with Crippen LogP contribution in [0.5, 0.6) is 17.2 Å². The quantitative estimate of drug-likeness (QED) is 0.381. The molecule has 5 N–H and O–H groups in total. The molecule has 0 amide bonds. The lowest BCUT2D eigenvalue weighted by Gasteiger charge is -2.13. The highest BCUT2D eigenvalue weighted by Crippen LogP contribution is 2.27. The fourth-order valence-electron chi connectivity index (χ4n) is 2.27. The number of hydrogen-bond donors (Lipinski definition) is 5. The summed E-state index contributed by atoms with van der Waals surface area (Å²) in [5, 5.41) is 41.2. The number of nitrogens with one attached hydrogen (secondary N) is 1. The largest absolute Gasteiger partial charge is 0.508 e. The molecule has 0 aliphatic heterocycles. The van der Waals surface area contributed by atoms with Gasteiger partial charge in [0.1, 0.15) is 5.75 Å². The Morgan fingerprint density at radius 1 is 1.00 bits per heavy atom. The summed E-state index contributed by atoms with van der Waals surface area (Å²) in [6.07, 6.45) is 1.92. The average molecular weight is 318 g/mol. The van der Waals surface area contributed by atoms with Crippen LogP contribution in [0.25, 0.3) is 0 Å². The van der Waals surface area contributed by atoms with E-state index in [0.29, 0.717) is 0 Å². The van der Waals surface area contributed by atoms with Crippen molar-refractivity contribution in [2.45, 2.75) is 25.4 Å². The van der Waals surface area contributed by atoms with Crippen LogP contribution in [0.1, 0.15) is 31.4 Å². The van der Waals surface area contributed by atoms with Crippen molar-refractivity contribution in [1.29, 1.82) is 0 Å². The molecule has 5 nitrogen and oxygen atoms in total. The lowest BCUT2D eigenvalue weighted by atomic mass is 10.1. The SMILES string of the molecule is [2H]c1cc(O)c(O)cc1[C@@H](O)CNCCCCc1ccc(O)cc1. The van der Waals surface area contributed by atoms with Crippen molar-refractivity contribution in [2.24, 2.45) is 0 Å². The maximum absolute atomic E-state index is 10.1. The summed E-state index contributed by atoms with van der Waals surface area (Å²) in [6, 6.07) is 9.48. The number of aliphatic hydroxyl groups excluding tert-OH is 1. The van der Waals surface area contributed by atoms with Crippen molar-refractivity contribution < 1.29 is 21.8 Å². The van der Waals surface area contributed by atoms with E-state index in [0.717, 1.165) is 31.9 Å². The van der Waals surface area contributed by atoms with Crippen LogP contribution in [0.3, 0.4) is 0 Å². The van der Waals surface area contributed by atoms with E-state index in [9.17, 15) is 20.4 Å². The molecule has 0 fully saturated rings. The second kappa shape index (κ2) is 8.41. The maximum atomic E-state index is 10.1. The maximum Gasteiger partial charge on any atom is 0.157 e.